The van der Waals surface area contributed by atoms with Crippen molar-refractivity contribution >= 4 is 40.4 Å². The summed E-state index contributed by atoms with van der Waals surface area (Å²) in [6.07, 6.45) is 2.00. The molecule has 2 aromatic rings. The van der Waals surface area contributed by atoms with Crippen LogP contribution >= 0.6 is 23.5 Å². The van der Waals surface area contributed by atoms with Gasteiger partial charge in [-0.3, -0.25) is 18.0 Å². The maximum absolute atomic E-state index is 11.5. The third kappa shape index (κ3) is 5.87. The second-order valence-electron chi connectivity index (χ2n) is 5.67. The van der Waals surface area contributed by atoms with Crippen molar-refractivity contribution in [3.63, 3.8) is 0 Å². The van der Waals surface area contributed by atoms with Crippen LogP contribution in [0.1, 0.15) is 19.1 Å². The van der Waals surface area contributed by atoms with E-state index in [1.54, 1.807) is 4.57 Å². The highest BCUT2D eigenvalue weighted by Gasteiger charge is 2.30. The number of hydrogen-bond acceptors (Lipinski definition) is 15. The van der Waals surface area contributed by atoms with Crippen LogP contribution in [0, 0.1) is 0 Å². The van der Waals surface area contributed by atoms with Crippen molar-refractivity contribution in [2.75, 3.05) is 12.3 Å². The first kappa shape index (κ1) is 22.4. The molecule has 4 unspecified atom stereocenters. The molecule has 0 saturated carbocycles. The van der Waals surface area contributed by atoms with Crippen LogP contribution in [-0.4, -0.2) is 32.2 Å². The number of nitrogens with two attached hydrogens (primary N) is 1. The second kappa shape index (κ2) is 8.10. The number of phosphoric acid groups is 3. The van der Waals surface area contributed by atoms with Crippen molar-refractivity contribution in [3.05, 3.63) is 12.7 Å². The van der Waals surface area contributed by atoms with E-state index in [0.29, 0.717) is 24.0 Å². The molecule has 1 saturated heterocycles. The summed E-state index contributed by atoms with van der Waals surface area (Å²) in [6.45, 7) is -0.645. The Hall–Kier alpha value is -1.28. The number of aromatic nitrogens is 4. The molecule has 0 radical (unpaired) electrons. The minimum atomic E-state index is -6.04. The smallest absolute Gasteiger partial charge is 0.278 e. The maximum atomic E-state index is 11.5. The Labute approximate surface area is 162 Å². The summed E-state index contributed by atoms with van der Waals surface area (Å²) < 4.78 is 51.1. The number of ether oxygens (including phenoxy) is 1. The van der Waals surface area contributed by atoms with Gasteiger partial charge >= 0.3 is 0 Å². The molecule has 0 bridgehead atoms. The van der Waals surface area contributed by atoms with Gasteiger partial charge in [0, 0.05) is 0 Å². The predicted octanol–water partition coefficient (Wildman–Crippen LogP) is -2.10. The van der Waals surface area contributed by atoms with Gasteiger partial charge in [0.1, 0.15) is 18.1 Å². The SMILES string of the molecule is Nc1ncnc2c1ncn2C1CCC(COP(=O)([O-])OP(=O)([O-])OP(=O)([O-])[O-])O1. The highest BCUT2D eigenvalue weighted by atomic mass is 31.3. The van der Waals surface area contributed by atoms with Crippen molar-refractivity contribution in [1.29, 1.82) is 0 Å². The van der Waals surface area contributed by atoms with Crippen LogP contribution in [0.2, 0.25) is 0 Å². The third-order valence-electron chi connectivity index (χ3n) is 3.60. The van der Waals surface area contributed by atoms with Gasteiger partial charge in [-0.05, 0) is 12.8 Å². The number of fused-ring (bicyclic) bond motifs is 1. The number of imidazole rings is 1. The first-order valence-electron chi connectivity index (χ1n) is 7.65. The third-order valence-corrected chi connectivity index (χ3v) is 7.27. The highest BCUT2D eigenvalue weighted by Crippen LogP contribution is 2.60. The van der Waals surface area contributed by atoms with Crippen LogP contribution in [0.15, 0.2) is 12.7 Å². The van der Waals surface area contributed by atoms with E-state index in [2.05, 4.69) is 28.1 Å². The molecule has 0 aromatic carbocycles. The molecule has 2 N–H and O–H groups in total. The molecule has 1 aliphatic rings. The van der Waals surface area contributed by atoms with Crippen LogP contribution in [0.4, 0.5) is 5.82 Å². The Balaban J connectivity index is 1.58. The van der Waals surface area contributed by atoms with Crippen molar-refractivity contribution in [3.8, 4) is 0 Å². The monoisotopic (exact) mass is 471 g/mol. The fourth-order valence-electron chi connectivity index (χ4n) is 2.55. The Morgan fingerprint density at radius 2 is 1.83 bits per heavy atom. The van der Waals surface area contributed by atoms with Crippen LogP contribution in [0.3, 0.4) is 0 Å². The predicted molar refractivity (Wildman–Crippen MR) is 83.8 cm³/mol. The molecule has 16 nitrogen and oxygen atoms in total. The number of anilines is 1. The van der Waals surface area contributed by atoms with Crippen LogP contribution in [-0.2, 0) is 31.6 Å². The summed E-state index contributed by atoms with van der Waals surface area (Å²) in [7, 11) is -17.6. The molecule has 29 heavy (non-hydrogen) atoms. The fraction of sp³-hybridized carbons (Fsp3) is 0.500. The minimum absolute atomic E-state index is 0.168. The Morgan fingerprint density at radius 3 is 2.52 bits per heavy atom. The van der Waals surface area contributed by atoms with Crippen molar-refractivity contribution in [1.82, 2.24) is 19.5 Å². The van der Waals surface area contributed by atoms with Gasteiger partial charge in [0.05, 0.1) is 26.9 Å². The lowest BCUT2D eigenvalue weighted by Gasteiger charge is -2.37. The lowest BCUT2D eigenvalue weighted by molar-refractivity contribution is -0.339. The van der Waals surface area contributed by atoms with Gasteiger partial charge in [0.15, 0.2) is 11.5 Å². The van der Waals surface area contributed by atoms with E-state index in [1.807, 2.05) is 0 Å². The van der Waals surface area contributed by atoms with E-state index in [-0.39, 0.29) is 5.82 Å². The zero-order valence-electron chi connectivity index (χ0n) is 14.1. The fourth-order valence-corrected chi connectivity index (χ4v) is 5.44. The van der Waals surface area contributed by atoms with Crippen LogP contribution in [0.25, 0.3) is 11.2 Å². The first-order chi connectivity index (χ1) is 13.4. The number of nitrogen functional groups attached to an aromatic ring is 1. The van der Waals surface area contributed by atoms with E-state index in [9.17, 15) is 33.3 Å². The molecule has 4 atom stereocenters. The zero-order valence-corrected chi connectivity index (χ0v) is 16.8. The van der Waals surface area contributed by atoms with Crippen molar-refractivity contribution in [2.24, 2.45) is 0 Å². The quantitative estimate of drug-likeness (QED) is 0.405. The van der Waals surface area contributed by atoms with Crippen molar-refractivity contribution in [2.45, 2.75) is 25.2 Å². The number of phosphoric ester groups is 1. The molecular formula is C10H12N5O11P3-4. The molecule has 1 fully saturated rings. The lowest BCUT2D eigenvalue weighted by Crippen LogP contribution is -2.22. The molecule has 3 heterocycles. The highest BCUT2D eigenvalue weighted by molar-refractivity contribution is 7.64. The largest absolute Gasteiger partial charge is 0.790 e. The van der Waals surface area contributed by atoms with Gasteiger partial charge in [0.25, 0.3) is 15.6 Å². The lowest BCUT2D eigenvalue weighted by atomic mass is 10.2. The summed E-state index contributed by atoms with van der Waals surface area (Å²) >= 11 is 0. The van der Waals surface area contributed by atoms with Crippen molar-refractivity contribution < 1.29 is 51.2 Å². The Morgan fingerprint density at radius 1 is 1.10 bits per heavy atom. The summed E-state index contributed by atoms with van der Waals surface area (Å²) in [5.74, 6) is 0.168. The van der Waals surface area contributed by atoms with Gasteiger partial charge in [0.2, 0.25) is 0 Å². The molecule has 3 rings (SSSR count). The second-order valence-corrected chi connectivity index (χ2v) is 9.92. The molecule has 19 heteroatoms. The van der Waals surface area contributed by atoms with E-state index < -0.39 is 42.4 Å². The van der Waals surface area contributed by atoms with Gasteiger partial charge < -0.3 is 39.1 Å². The van der Waals surface area contributed by atoms with E-state index in [1.165, 1.54) is 12.7 Å². The summed E-state index contributed by atoms with van der Waals surface area (Å²) in [5, 5.41) is 0. The van der Waals surface area contributed by atoms with Gasteiger partial charge in [-0.15, -0.1) is 0 Å². The van der Waals surface area contributed by atoms with Gasteiger partial charge in [-0.1, -0.05) is 0 Å². The van der Waals surface area contributed by atoms with Crippen LogP contribution < -0.4 is 25.3 Å². The summed E-state index contributed by atoms with van der Waals surface area (Å²) in [5.41, 5.74) is 6.45. The Kier molecular flexibility index (Phi) is 6.26. The number of nitrogens with zero attached hydrogens (tertiary/aromatic N) is 4. The van der Waals surface area contributed by atoms with E-state index >= 15 is 0 Å². The average molecular weight is 471 g/mol. The first-order valence-corrected chi connectivity index (χ1v) is 12.0. The van der Waals surface area contributed by atoms with Crippen LogP contribution in [0.5, 0.6) is 0 Å². The molecule has 162 valence electrons. The van der Waals surface area contributed by atoms with E-state index in [4.69, 9.17) is 10.5 Å². The van der Waals surface area contributed by atoms with Gasteiger partial charge in [-0.2, -0.15) is 0 Å². The molecule has 0 spiro atoms. The normalized spacial score (nSPS) is 24.4. The molecule has 2 aromatic heterocycles. The average Bonchev–Trinajstić information content (AvgIpc) is 3.16. The zero-order chi connectivity index (χ0) is 21.4. The van der Waals surface area contributed by atoms with Gasteiger partial charge in [-0.25, -0.2) is 19.3 Å². The van der Waals surface area contributed by atoms with E-state index in [0.717, 1.165) is 0 Å². The summed E-state index contributed by atoms with van der Waals surface area (Å²) in [4.78, 5) is 55.2. The topological polar surface area (TPSA) is 250 Å². The number of rotatable bonds is 8. The number of hydrogen-bond donors (Lipinski definition) is 1. The molecule has 1 aliphatic heterocycles. The molecule has 0 amide bonds. The summed E-state index contributed by atoms with van der Waals surface area (Å²) in [6, 6.07) is 0. The Bertz CT molecular complexity index is 1040. The minimum Gasteiger partial charge on any atom is -0.790 e. The standard InChI is InChI=1S/C10H16N5O11P3/c11-9-8-10(13-4-12-9)15(5-14-8)7-2-1-6(24-7)3-23-28(19,20)26-29(21,22)25-27(16,17)18/h4-7H,1-3H2,(H,19,20)(H,21,22)(H2,11,12,13)(H2,16,17,18)/p-4. The molecular weight excluding hydrogens is 459 g/mol. The maximum Gasteiger partial charge on any atom is 0.278 e. The molecule has 0 aliphatic carbocycles.